The van der Waals surface area contributed by atoms with Crippen molar-refractivity contribution in [1.82, 2.24) is 19.5 Å². The summed E-state index contributed by atoms with van der Waals surface area (Å²) in [4.78, 5) is 32.8. The molecule has 0 aromatic carbocycles. The molecule has 0 amide bonds. The third-order valence-electron chi connectivity index (χ3n) is 2.99. The van der Waals surface area contributed by atoms with Crippen LogP contribution in [0.4, 0.5) is 13.2 Å². The number of hydrogen-bond donors (Lipinski definition) is 1. The van der Waals surface area contributed by atoms with Gasteiger partial charge in [-0.25, -0.2) is 4.79 Å². The molecule has 1 N–H and O–H groups in total. The van der Waals surface area contributed by atoms with E-state index in [0.717, 1.165) is 10.8 Å². The summed E-state index contributed by atoms with van der Waals surface area (Å²) >= 11 is 0. The van der Waals surface area contributed by atoms with Gasteiger partial charge in [0.2, 0.25) is 0 Å². The van der Waals surface area contributed by atoms with Gasteiger partial charge in [-0.2, -0.15) is 13.2 Å². The number of hydrogen-bond acceptors (Lipinski definition) is 4. The van der Waals surface area contributed by atoms with E-state index in [-0.39, 0.29) is 16.6 Å². The molecule has 9 heteroatoms. The molecular formula is C13H7F3N4O2. The Morgan fingerprint density at radius 2 is 1.95 bits per heavy atom. The first-order valence-corrected chi connectivity index (χ1v) is 6.00. The number of fused-ring (bicyclic) bond motifs is 1. The van der Waals surface area contributed by atoms with Crippen LogP contribution in [0.15, 0.2) is 46.4 Å². The Kier molecular flexibility index (Phi) is 3.05. The average Bonchev–Trinajstić information content (AvgIpc) is 2.47. The van der Waals surface area contributed by atoms with E-state index in [9.17, 15) is 22.8 Å². The first kappa shape index (κ1) is 14.0. The molecule has 3 aromatic rings. The summed E-state index contributed by atoms with van der Waals surface area (Å²) in [7, 11) is 0. The van der Waals surface area contributed by atoms with Crippen LogP contribution in [0, 0.1) is 0 Å². The van der Waals surface area contributed by atoms with E-state index in [1.165, 1.54) is 24.5 Å². The van der Waals surface area contributed by atoms with Gasteiger partial charge in [0.15, 0.2) is 0 Å². The summed E-state index contributed by atoms with van der Waals surface area (Å²) in [6.45, 7) is 0. The van der Waals surface area contributed by atoms with Gasteiger partial charge in [0.05, 0.1) is 22.8 Å². The molecular weight excluding hydrogens is 301 g/mol. The number of aromatic amines is 1. The molecule has 0 fully saturated rings. The van der Waals surface area contributed by atoms with Gasteiger partial charge in [0.25, 0.3) is 5.56 Å². The quantitative estimate of drug-likeness (QED) is 0.738. The van der Waals surface area contributed by atoms with Gasteiger partial charge in [-0.1, -0.05) is 0 Å². The lowest BCUT2D eigenvalue weighted by atomic mass is 10.2. The molecule has 0 saturated carbocycles. The van der Waals surface area contributed by atoms with Gasteiger partial charge in [0.1, 0.15) is 5.69 Å². The second-order valence-electron chi connectivity index (χ2n) is 4.39. The molecule has 3 aromatic heterocycles. The normalized spacial score (nSPS) is 11.8. The number of H-pyrrole nitrogens is 1. The molecule has 22 heavy (non-hydrogen) atoms. The minimum Gasteiger partial charge on any atom is -0.273 e. The molecule has 0 radical (unpaired) electrons. The van der Waals surface area contributed by atoms with E-state index in [2.05, 4.69) is 9.97 Å². The zero-order valence-corrected chi connectivity index (χ0v) is 10.8. The summed E-state index contributed by atoms with van der Waals surface area (Å²) in [5.41, 5.74) is -2.81. The molecule has 0 unspecified atom stereocenters. The Balaban J connectivity index is 2.45. The van der Waals surface area contributed by atoms with Crippen molar-refractivity contribution in [3.8, 4) is 5.69 Å². The predicted molar refractivity (Wildman–Crippen MR) is 70.8 cm³/mol. The van der Waals surface area contributed by atoms with E-state index < -0.39 is 23.1 Å². The second kappa shape index (κ2) is 4.79. The van der Waals surface area contributed by atoms with E-state index in [1.807, 2.05) is 4.98 Å². The minimum atomic E-state index is -4.69. The van der Waals surface area contributed by atoms with Crippen LogP contribution in [0.1, 0.15) is 5.69 Å². The van der Waals surface area contributed by atoms with Crippen molar-refractivity contribution >= 4 is 10.9 Å². The maximum absolute atomic E-state index is 12.8. The van der Waals surface area contributed by atoms with Crippen molar-refractivity contribution in [1.29, 1.82) is 0 Å². The molecule has 0 atom stereocenters. The Bertz CT molecular complexity index is 961. The standard InChI is InChI=1S/C13H7F3N4O2/c14-13(15,16)10-4-9-8(6-18-10)11(21)19-12(22)20(9)7-2-1-3-17-5-7/h1-6H,(H,19,21,22). The summed E-state index contributed by atoms with van der Waals surface area (Å²) in [5.74, 6) is 0. The smallest absolute Gasteiger partial charge is 0.273 e. The number of nitrogens with one attached hydrogen (secondary N) is 1. The highest BCUT2D eigenvalue weighted by molar-refractivity contribution is 5.79. The van der Waals surface area contributed by atoms with E-state index in [0.29, 0.717) is 6.07 Å². The molecule has 0 aliphatic heterocycles. The number of alkyl halides is 3. The summed E-state index contributed by atoms with van der Waals surface area (Å²) < 4.78 is 39.4. The maximum Gasteiger partial charge on any atom is 0.433 e. The highest BCUT2D eigenvalue weighted by Gasteiger charge is 2.33. The van der Waals surface area contributed by atoms with Crippen LogP contribution in [-0.4, -0.2) is 19.5 Å². The summed E-state index contributed by atoms with van der Waals surface area (Å²) in [6, 6.07) is 3.67. The van der Waals surface area contributed by atoms with Crippen molar-refractivity contribution < 1.29 is 13.2 Å². The van der Waals surface area contributed by atoms with Crippen molar-refractivity contribution in [3.05, 3.63) is 63.3 Å². The number of rotatable bonds is 1. The Morgan fingerprint density at radius 3 is 2.59 bits per heavy atom. The summed E-state index contributed by atoms with van der Waals surface area (Å²) in [6.07, 6.45) is -1.14. The highest BCUT2D eigenvalue weighted by Crippen LogP contribution is 2.28. The van der Waals surface area contributed by atoms with Crippen molar-refractivity contribution in [2.45, 2.75) is 6.18 Å². The van der Waals surface area contributed by atoms with Crippen LogP contribution in [0.3, 0.4) is 0 Å². The maximum atomic E-state index is 12.8. The number of halogens is 3. The number of nitrogens with zero attached hydrogens (tertiary/aromatic N) is 3. The minimum absolute atomic E-state index is 0.128. The topological polar surface area (TPSA) is 80.6 Å². The lowest BCUT2D eigenvalue weighted by molar-refractivity contribution is -0.141. The largest absolute Gasteiger partial charge is 0.433 e. The van der Waals surface area contributed by atoms with Crippen LogP contribution in [0.5, 0.6) is 0 Å². The highest BCUT2D eigenvalue weighted by atomic mass is 19.4. The average molecular weight is 308 g/mol. The molecule has 0 aliphatic rings. The second-order valence-corrected chi connectivity index (χ2v) is 4.39. The number of aromatic nitrogens is 4. The first-order chi connectivity index (χ1) is 10.4. The molecule has 0 spiro atoms. The monoisotopic (exact) mass is 308 g/mol. The van der Waals surface area contributed by atoms with Crippen LogP contribution in [-0.2, 0) is 6.18 Å². The fourth-order valence-electron chi connectivity index (χ4n) is 2.03. The van der Waals surface area contributed by atoms with Gasteiger partial charge in [-0.3, -0.25) is 24.3 Å². The molecule has 3 heterocycles. The summed E-state index contributed by atoms with van der Waals surface area (Å²) in [5, 5.41) is -0.128. The molecule has 3 rings (SSSR count). The fraction of sp³-hybridized carbons (Fsp3) is 0.0769. The Labute approximate surface area is 119 Å². The zero-order valence-electron chi connectivity index (χ0n) is 10.8. The fourth-order valence-corrected chi connectivity index (χ4v) is 2.03. The van der Waals surface area contributed by atoms with E-state index in [4.69, 9.17) is 0 Å². The lowest BCUT2D eigenvalue weighted by Gasteiger charge is -2.11. The van der Waals surface area contributed by atoms with Gasteiger partial charge in [0, 0.05) is 12.4 Å². The Hall–Kier alpha value is -2.97. The molecule has 0 saturated heterocycles. The van der Waals surface area contributed by atoms with Crippen LogP contribution < -0.4 is 11.2 Å². The number of pyridine rings is 2. The van der Waals surface area contributed by atoms with Gasteiger partial charge >= 0.3 is 11.9 Å². The molecule has 6 nitrogen and oxygen atoms in total. The third kappa shape index (κ3) is 2.26. The van der Waals surface area contributed by atoms with Gasteiger partial charge in [-0.05, 0) is 18.2 Å². The van der Waals surface area contributed by atoms with E-state index >= 15 is 0 Å². The van der Waals surface area contributed by atoms with E-state index in [1.54, 1.807) is 0 Å². The zero-order chi connectivity index (χ0) is 15.9. The lowest BCUT2D eigenvalue weighted by Crippen LogP contribution is -2.29. The van der Waals surface area contributed by atoms with Crippen molar-refractivity contribution in [2.24, 2.45) is 0 Å². The van der Waals surface area contributed by atoms with Gasteiger partial charge in [-0.15, -0.1) is 0 Å². The van der Waals surface area contributed by atoms with Crippen LogP contribution in [0.25, 0.3) is 16.6 Å². The van der Waals surface area contributed by atoms with Crippen LogP contribution in [0.2, 0.25) is 0 Å². The third-order valence-corrected chi connectivity index (χ3v) is 2.99. The van der Waals surface area contributed by atoms with Crippen molar-refractivity contribution in [2.75, 3.05) is 0 Å². The molecule has 0 aliphatic carbocycles. The molecule has 112 valence electrons. The Morgan fingerprint density at radius 1 is 1.18 bits per heavy atom. The SMILES string of the molecule is O=c1[nH]c(=O)n(-c2cccnc2)c2cc(C(F)(F)F)ncc12. The van der Waals surface area contributed by atoms with Crippen LogP contribution >= 0.6 is 0 Å². The first-order valence-electron chi connectivity index (χ1n) is 6.00. The van der Waals surface area contributed by atoms with Crippen molar-refractivity contribution in [3.63, 3.8) is 0 Å². The molecule has 0 bridgehead atoms. The van der Waals surface area contributed by atoms with Gasteiger partial charge < -0.3 is 0 Å². The predicted octanol–water partition coefficient (Wildman–Crippen LogP) is 1.49.